The molecule has 162 valence electrons. The van der Waals surface area contributed by atoms with Crippen molar-refractivity contribution in [3.63, 3.8) is 0 Å². The second kappa shape index (κ2) is 9.69. The topological polar surface area (TPSA) is 112 Å². The lowest BCUT2D eigenvalue weighted by Gasteiger charge is -2.11. The van der Waals surface area contributed by atoms with Crippen LogP contribution in [0.2, 0.25) is 0 Å². The summed E-state index contributed by atoms with van der Waals surface area (Å²) in [6, 6.07) is 16.2. The van der Waals surface area contributed by atoms with Crippen molar-refractivity contribution in [2.45, 2.75) is 19.8 Å². The summed E-state index contributed by atoms with van der Waals surface area (Å²) in [6.45, 7) is 2.74. The molecule has 0 bridgehead atoms. The van der Waals surface area contributed by atoms with Gasteiger partial charge in [0, 0.05) is 17.3 Å². The molecule has 0 unspecified atom stereocenters. The van der Waals surface area contributed by atoms with Crippen LogP contribution in [0.4, 0.5) is 17.2 Å². The number of aromatic nitrogens is 3. The van der Waals surface area contributed by atoms with E-state index >= 15 is 0 Å². The number of anilines is 2. The first kappa shape index (κ1) is 21.0. The van der Waals surface area contributed by atoms with Crippen LogP contribution >= 0.6 is 0 Å². The molecule has 9 nitrogen and oxygen atoms in total. The molecule has 0 amide bonds. The maximum atomic E-state index is 11.9. The number of ether oxygens (including phenoxy) is 2. The van der Waals surface area contributed by atoms with Crippen LogP contribution in [0.3, 0.4) is 0 Å². The Hall–Kier alpha value is -4.27. The standard InChI is InChI=1S/C23H21N5O4/c1-2-3-14-31-18-11-9-17(10-12-18)27-22-21(28(29)30)23(26-15-25-22)32-19-8-4-6-16-7-5-13-24-20(16)19/h4-13,15H,2-3,14H2,1H3,(H,25,26,27). The largest absolute Gasteiger partial charge is 0.494 e. The Morgan fingerprint density at radius 1 is 1.03 bits per heavy atom. The fraction of sp³-hybridized carbons (Fsp3) is 0.174. The van der Waals surface area contributed by atoms with Crippen molar-refractivity contribution in [1.29, 1.82) is 0 Å². The average molecular weight is 431 g/mol. The van der Waals surface area contributed by atoms with Crippen molar-refractivity contribution in [2.24, 2.45) is 0 Å². The van der Waals surface area contributed by atoms with Crippen molar-refractivity contribution in [3.8, 4) is 17.4 Å². The van der Waals surface area contributed by atoms with Gasteiger partial charge in [-0.3, -0.25) is 15.1 Å². The molecule has 1 N–H and O–H groups in total. The number of hydrogen-bond acceptors (Lipinski definition) is 8. The van der Waals surface area contributed by atoms with E-state index in [0.717, 1.165) is 24.0 Å². The summed E-state index contributed by atoms with van der Waals surface area (Å²) >= 11 is 0. The number of rotatable bonds is 9. The fourth-order valence-electron chi connectivity index (χ4n) is 3.06. The van der Waals surface area contributed by atoms with Crippen LogP contribution < -0.4 is 14.8 Å². The summed E-state index contributed by atoms with van der Waals surface area (Å²) in [7, 11) is 0. The van der Waals surface area contributed by atoms with E-state index in [2.05, 4.69) is 27.2 Å². The molecule has 2 heterocycles. The highest BCUT2D eigenvalue weighted by atomic mass is 16.6. The fourth-order valence-corrected chi connectivity index (χ4v) is 3.06. The number of fused-ring (bicyclic) bond motifs is 1. The van der Waals surface area contributed by atoms with Gasteiger partial charge in [0.1, 0.15) is 17.6 Å². The van der Waals surface area contributed by atoms with Crippen LogP contribution in [0.5, 0.6) is 17.4 Å². The van der Waals surface area contributed by atoms with Gasteiger partial charge in [-0.05, 0) is 42.8 Å². The molecule has 4 aromatic rings. The minimum Gasteiger partial charge on any atom is -0.494 e. The van der Waals surface area contributed by atoms with Gasteiger partial charge in [-0.1, -0.05) is 31.5 Å². The highest BCUT2D eigenvalue weighted by Gasteiger charge is 2.26. The second-order valence-corrected chi connectivity index (χ2v) is 6.92. The highest BCUT2D eigenvalue weighted by molar-refractivity contribution is 5.84. The molecule has 0 aliphatic carbocycles. The third kappa shape index (κ3) is 4.72. The maximum Gasteiger partial charge on any atom is 0.373 e. The van der Waals surface area contributed by atoms with Crippen LogP contribution in [0.1, 0.15) is 19.8 Å². The molecule has 32 heavy (non-hydrogen) atoms. The van der Waals surface area contributed by atoms with Crippen molar-refractivity contribution < 1.29 is 14.4 Å². The molecule has 0 atom stereocenters. The van der Waals surface area contributed by atoms with Crippen molar-refractivity contribution in [3.05, 3.63) is 77.2 Å². The molecule has 0 spiro atoms. The van der Waals surface area contributed by atoms with E-state index in [1.54, 1.807) is 48.7 Å². The predicted octanol–water partition coefficient (Wildman–Crippen LogP) is 5.65. The summed E-state index contributed by atoms with van der Waals surface area (Å²) in [6.07, 6.45) is 4.87. The van der Waals surface area contributed by atoms with Gasteiger partial charge in [-0.25, -0.2) is 4.98 Å². The van der Waals surface area contributed by atoms with Gasteiger partial charge in [0.05, 0.1) is 11.5 Å². The van der Waals surface area contributed by atoms with Crippen LogP contribution in [0.15, 0.2) is 67.1 Å². The number of pyridine rings is 1. The number of unbranched alkanes of at least 4 members (excludes halogenated alkanes) is 1. The summed E-state index contributed by atoms with van der Waals surface area (Å²) < 4.78 is 11.5. The molecule has 2 aromatic heterocycles. The number of benzene rings is 2. The monoisotopic (exact) mass is 431 g/mol. The second-order valence-electron chi connectivity index (χ2n) is 6.92. The first-order chi connectivity index (χ1) is 15.7. The normalized spacial score (nSPS) is 10.7. The van der Waals surface area contributed by atoms with Crippen LogP contribution in [-0.4, -0.2) is 26.5 Å². The van der Waals surface area contributed by atoms with Crippen LogP contribution in [0.25, 0.3) is 10.9 Å². The molecule has 0 aliphatic rings. The van der Waals surface area contributed by atoms with Gasteiger partial charge in [0.2, 0.25) is 5.82 Å². The van der Waals surface area contributed by atoms with E-state index in [1.165, 1.54) is 6.33 Å². The van der Waals surface area contributed by atoms with E-state index in [4.69, 9.17) is 9.47 Å². The molecule has 0 fully saturated rings. The van der Waals surface area contributed by atoms with Crippen molar-refractivity contribution in [1.82, 2.24) is 15.0 Å². The lowest BCUT2D eigenvalue weighted by Crippen LogP contribution is -2.04. The third-order valence-corrected chi connectivity index (χ3v) is 4.66. The SMILES string of the molecule is CCCCOc1ccc(Nc2ncnc(Oc3cccc4cccnc34)c2[N+](=O)[O-])cc1. The quantitative estimate of drug-likeness (QED) is 0.206. The zero-order valence-corrected chi connectivity index (χ0v) is 17.4. The van der Waals surface area contributed by atoms with Gasteiger partial charge in [-0.15, -0.1) is 0 Å². The molecule has 0 aliphatic heterocycles. The maximum absolute atomic E-state index is 11.9. The Balaban J connectivity index is 1.60. The smallest absolute Gasteiger partial charge is 0.373 e. The Morgan fingerprint density at radius 2 is 1.84 bits per heavy atom. The lowest BCUT2D eigenvalue weighted by molar-refractivity contribution is -0.385. The van der Waals surface area contributed by atoms with E-state index in [9.17, 15) is 10.1 Å². The number of nitrogens with one attached hydrogen (secondary N) is 1. The van der Waals surface area contributed by atoms with Gasteiger partial charge in [0.15, 0.2) is 5.75 Å². The van der Waals surface area contributed by atoms with E-state index in [1.807, 2.05) is 12.1 Å². The molecule has 2 aromatic carbocycles. The Morgan fingerprint density at radius 3 is 2.62 bits per heavy atom. The van der Waals surface area contributed by atoms with Gasteiger partial charge in [-0.2, -0.15) is 4.98 Å². The zero-order chi connectivity index (χ0) is 22.3. The van der Waals surface area contributed by atoms with Crippen molar-refractivity contribution >= 4 is 28.1 Å². The first-order valence-corrected chi connectivity index (χ1v) is 10.2. The Labute approximate surface area is 184 Å². The number of nitro groups is 1. The molecule has 0 saturated heterocycles. The Kier molecular flexibility index (Phi) is 6.35. The summed E-state index contributed by atoms with van der Waals surface area (Å²) in [4.78, 5) is 23.6. The molecule has 0 radical (unpaired) electrons. The summed E-state index contributed by atoms with van der Waals surface area (Å²) in [5, 5.41) is 15.7. The third-order valence-electron chi connectivity index (χ3n) is 4.66. The molecular weight excluding hydrogens is 410 g/mol. The van der Waals surface area contributed by atoms with E-state index in [-0.39, 0.29) is 17.4 Å². The zero-order valence-electron chi connectivity index (χ0n) is 17.4. The minimum atomic E-state index is -0.571. The predicted molar refractivity (Wildman–Crippen MR) is 121 cm³/mol. The van der Waals surface area contributed by atoms with Crippen LogP contribution in [0, 0.1) is 10.1 Å². The number of hydrogen-bond donors (Lipinski definition) is 1. The molecular formula is C23H21N5O4. The summed E-state index contributed by atoms with van der Waals surface area (Å²) in [5.41, 5.74) is 0.826. The first-order valence-electron chi connectivity index (χ1n) is 10.2. The van der Waals surface area contributed by atoms with Crippen LogP contribution in [-0.2, 0) is 0 Å². The average Bonchev–Trinajstić information content (AvgIpc) is 2.81. The van der Waals surface area contributed by atoms with Gasteiger partial charge >= 0.3 is 11.6 Å². The van der Waals surface area contributed by atoms with Crippen molar-refractivity contribution in [2.75, 3.05) is 11.9 Å². The summed E-state index contributed by atoms with van der Waals surface area (Å²) in [5.74, 6) is 0.941. The van der Waals surface area contributed by atoms with E-state index < -0.39 is 4.92 Å². The minimum absolute atomic E-state index is 0.0212. The number of nitrogens with zero attached hydrogens (tertiary/aromatic N) is 4. The lowest BCUT2D eigenvalue weighted by atomic mass is 10.2. The molecule has 0 saturated carbocycles. The Bertz CT molecular complexity index is 1230. The van der Waals surface area contributed by atoms with Gasteiger partial charge < -0.3 is 14.8 Å². The van der Waals surface area contributed by atoms with E-state index in [0.29, 0.717) is 23.6 Å². The number of para-hydroxylation sites is 1. The van der Waals surface area contributed by atoms with Gasteiger partial charge in [0.25, 0.3) is 0 Å². The molecule has 9 heteroatoms. The highest BCUT2D eigenvalue weighted by Crippen LogP contribution is 2.37. The molecule has 4 rings (SSSR count).